The number of nitrogens with zero attached hydrogens (tertiary/aromatic N) is 1. The van der Waals surface area contributed by atoms with Crippen LogP contribution in [0, 0.1) is 6.92 Å². The number of aliphatic hydroxyl groups is 1. The van der Waals surface area contributed by atoms with Crippen LogP contribution in [-0.2, 0) is 0 Å². The van der Waals surface area contributed by atoms with Gasteiger partial charge in [-0.3, -0.25) is 0 Å². The topological polar surface area (TPSA) is 35.5 Å². The molecule has 1 atom stereocenters. The molecule has 1 aromatic rings. The van der Waals surface area contributed by atoms with Gasteiger partial charge < -0.3 is 15.3 Å². The zero-order chi connectivity index (χ0) is 13.5. The minimum atomic E-state index is -0.344. The number of hydrogen-bond acceptors (Lipinski definition) is 3. The maximum atomic E-state index is 9.99. The molecule has 0 aliphatic heterocycles. The molecule has 0 radical (unpaired) electrons. The molecule has 18 heavy (non-hydrogen) atoms. The largest absolute Gasteiger partial charge is 0.390 e. The first-order valence-corrected chi connectivity index (χ1v) is 7.27. The summed E-state index contributed by atoms with van der Waals surface area (Å²) < 4.78 is 1.09. The van der Waals surface area contributed by atoms with E-state index in [0.29, 0.717) is 13.1 Å². The van der Waals surface area contributed by atoms with Crippen molar-refractivity contribution in [2.45, 2.75) is 26.9 Å². The fraction of sp³-hybridized carbons (Fsp3) is 0.571. The van der Waals surface area contributed by atoms with Gasteiger partial charge in [0.15, 0.2) is 0 Å². The van der Waals surface area contributed by atoms with E-state index in [2.05, 4.69) is 46.9 Å². The second-order valence-electron chi connectivity index (χ2n) is 4.43. The Morgan fingerprint density at radius 2 is 2.00 bits per heavy atom. The van der Waals surface area contributed by atoms with E-state index < -0.39 is 0 Å². The molecule has 0 aromatic heterocycles. The Balaban J connectivity index is 2.47. The third kappa shape index (κ3) is 4.59. The summed E-state index contributed by atoms with van der Waals surface area (Å²) in [6, 6.07) is 6.05. The van der Waals surface area contributed by atoms with Gasteiger partial charge in [-0.1, -0.05) is 35.8 Å². The third-order valence-electron chi connectivity index (χ3n) is 3.16. The number of halogens is 1. The van der Waals surface area contributed by atoms with Crippen molar-refractivity contribution in [1.29, 1.82) is 0 Å². The first kappa shape index (κ1) is 15.5. The monoisotopic (exact) mass is 314 g/mol. The number of hydrogen-bond donors (Lipinski definition) is 2. The molecule has 1 rings (SSSR count). The second kappa shape index (κ2) is 7.77. The molecule has 0 amide bonds. The molecule has 0 aliphatic rings. The van der Waals surface area contributed by atoms with Crippen molar-refractivity contribution in [2.24, 2.45) is 0 Å². The second-order valence-corrected chi connectivity index (χ2v) is 5.29. The highest BCUT2D eigenvalue weighted by Crippen LogP contribution is 2.23. The lowest BCUT2D eigenvalue weighted by Crippen LogP contribution is -2.36. The van der Waals surface area contributed by atoms with E-state index in [4.69, 9.17) is 0 Å². The van der Waals surface area contributed by atoms with Gasteiger partial charge in [-0.15, -0.1) is 0 Å². The van der Waals surface area contributed by atoms with E-state index >= 15 is 0 Å². The molecule has 0 heterocycles. The van der Waals surface area contributed by atoms with Crippen molar-refractivity contribution >= 4 is 21.6 Å². The van der Waals surface area contributed by atoms with Crippen molar-refractivity contribution in [3.63, 3.8) is 0 Å². The fourth-order valence-electron chi connectivity index (χ4n) is 1.87. The van der Waals surface area contributed by atoms with E-state index in [1.807, 2.05) is 18.2 Å². The van der Waals surface area contributed by atoms with Crippen LogP contribution >= 0.6 is 15.9 Å². The summed E-state index contributed by atoms with van der Waals surface area (Å²) >= 11 is 3.51. The Kier molecular flexibility index (Phi) is 6.68. The van der Waals surface area contributed by atoms with Crippen molar-refractivity contribution in [1.82, 2.24) is 4.90 Å². The number of nitrogens with one attached hydrogen (secondary N) is 1. The fourth-order valence-corrected chi connectivity index (χ4v) is 2.24. The number of anilines is 1. The molecule has 0 saturated heterocycles. The van der Waals surface area contributed by atoms with E-state index in [9.17, 15) is 5.11 Å². The zero-order valence-electron chi connectivity index (χ0n) is 11.4. The van der Waals surface area contributed by atoms with Gasteiger partial charge >= 0.3 is 0 Å². The number of aliphatic hydroxyl groups excluding tert-OH is 1. The quantitative estimate of drug-likeness (QED) is 0.812. The minimum absolute atomic E-state index is 0.344. The Morgan fingerprint density at radius 3 is 2.61 bits per heavy atom. The van der Waals surface area contributed by atoms with Crippen LogP contribution in [0.4, 0.5) is 5.69 Å². The molecular formula is C14H23BrN2O. The molecule has 4 heteroatoms. The van der Waals surface area contributed by atoms with Gasteiger partial charge in [0.25, 0.3) is 0 Å². The Hall–Kier alpha value is -0.580. The van der Waals surface area contributed by atoms with Crippen LogP contribution in [-0.4, -0.2) is 42.3 Å². The lowest BCUT2D eigenvalue weighted by atomic mass is 10.2. The first-order chi connectivity index (χ1) is 8.58. The van der Waals surface area contributed by atoms with Crippen molar-refractivity contribution < 1.29 is 5.11 Å². The lowest BCUT2D eigenvalue weighted by Gasteiger charge is -2.22. The van der Waals surface area contributed by atoms with Crippen LogP contribution in [0.15, 0.2) is 22.7 Å². The van der Waals surface area contributed by atoms with E-state index in [-0.39, 0.29) is 6.10 Å². The maximum Gasteiger partial charge on any atom is 0.0839 e. The van der Waals surface area contributed by atoms with Crippen LogP contribution in [0.3, 0.4) is 0 Å². The third-order valence-corrected chi connectivity index (χ3v) is 4.02. The summed E-state index contributed by atoms with van der Waals surface area (Å²) in [7, 11) is 0. The predicted molar refractivity (Wildman–Crippen MR) is 81.2 cm³/mol. The molecule has 1 unspecified atom stereocenters. The molecule has 1 aromatic carbocycles. The van der Waals surface area contributed by atoms with E-state index in [1.54, 1.807) is 0 Å². The summed E-state index contributed by atoms with van der Waals surface area (Å²) in [5.41, 5.74) is 2.25. The lowest BCUT2D eigenvalue weighted by molar-refractivity contribution is 0.128. The average Bonchev–Trinajstić information content (AvgIpc) is 2.37. The SMILES string of the molecule is CCN(CC)CC(O)CNc1cccc(Br)c1C. The minimum Gasteiger partial charge on any atom is -0.390 e. The van der Waals surface area contributed by atoms with Crippen LogP contribution in [0.2, 0.25) is 0 Å². The maximum absolute atomic E-state index is 9.99. The molecule has 3 nitrogen and oxygen atoms in total. The molecule has 102 valence electrons. The summed E-state index contributed by atoms with van der Waals surface area (Å²) in [4.78, 5) is 2.22. The van der Waals surface area contributed by atoms with Gasteiger partial charge in [0.2, 0.25) is 0 Å². The molecule has 2 N–H and O–H groups in total. The normalized spacial score (nSPS) is 12.8. The first-order valence-electron chi connectivity index (χ1n) is 6.47. The Bertz CT molecular complexity index is 367. The zero-order valence-corrected chi connectivity index (χ0v) is 13.0. The van der Waals surface area contributed by atoms with Crippen molar-refractivity contribution in [3.8, 4) is 0 Å². The molecule has 0 spiro atoms. The number of rotatable bonds is 7. The van der Waals surface area contributed by atoms with E-state index in [1.165, 1.54) is 5.56 Å². The van der Waals surface area contributed by atoms with Crippen LogP contribution in [0.5, 0.6) is 0 Å². The Morgan fingerprint density at radius 1 is 1.33 bits per heavy atom. The van der Waals surface area contributed by atoms with Gasteiger partial charge in [-0.05, 0) is 37.7 Å². The number of benzene rings is 1. The van der Waals surface area contributed by atoms with Gasteiger partial charge in [-0.25, -0.2) is 0 Å². The van der Waals surface area contributed by atoms with Crippen LogP contribution in [0.1, 0.15) is 19.4 Å². The summed E-state index contributed by atoms with van der Waals surface area (Å²) in [5.74, 6) is 0. The van der Waals surface area contributed by atoms with E-state index in [0.717, 1.165) is 23.2 Å². The molecule has 0 fully saturated rings. The van der Waals surface area contributed by atoms with Crippen LogP contribution in [0.25, 0.3) is 0 Å². The molecular weight excluding hydrogens is 292 g/mol. The highest BCUT2D eigenvalue weighted by molar-refractivity contribution is 9.10. The highest BCUT2D eigenvalue weighted by atomic mass is 79.9. The van der Waals surface area contributed by atoms with Crippen molar-refractivity contribution in [3.05, 3.63) is 28.2 Å². The van der Waals surface area contributed by atoms with Crippen LogP contribution < -0.4 is 5.32 Å². The molecule has 0 bridgehead atoms. The van der Waals surface area contributed by atoms with Gasteiger partial charge in [-0.2, -0.15) is 0 Å². The van der Waals surface area contributed by atoms with Gasteiger partial charge in [0, 0.05) is 23.2 Å². The summed E-state index contributed by atoms with van der Waals surface area (Å²) in [5, 5.41) is 13.3. The smallest absolute Gasteiger partial charge is 0.0839 e. The Labute approximate surface area is 118 Å². The number of likely N-dealkylation sites (N-methyl/N-ethyl adjacent to an activating group) is 1. The molecule has 0 aliphatic carbocycles. The average molecular weight is 315 g/mol. The predicted octanol–water partition coefficient (Wildman–Crippen LogP) is 2.87. The summed E-state index contributed by atoms with van der Waals surface area (Å²) in [6.45, 7) is 9.53. The standard InChI is InChI=1S/C14H23BrN2O/c1-4-17(5-2)10-12(18)9-16-14-8-6-7-13(15)11(14)3/h6-8,12,16,18H,4-5,9-10H2,1-3H3. The summed E-state index contributed by atoms with van der Waals surface area (Å²) in [6.07, 6.45) is -0.344. The highest BCUT2D eigenvalue weighted by Gasteiger charge is 2.09. The molecule has 0 saturated carbocycles. The van der Waals surface area contributed by atoms with Crippen molar-refractivity contribution in [2.75, 3.05) is 31.5 Å². The van der Waals surface area contributed by atoms with Gasteiger partial charge in [0.05, 0.1) is 6.10 Å². The van der Waals surface area contributed by atoms with Gasteiger partial charge in [0.1, 0.15) is 0 Å².